The van der Waals surface area contributed by atoms with Gasteiger partial charge in [-0.1, -0.05) is 15.9 Å². The lowest BCUT2D eigenvalue weighted by molar-refractivity contribution is 0.276. The van der Waals surface area contributed by atoms with E-state index in [1.54, 1.807) is 11.8 Å². The van der Waals surface area contributed by atoms with Gasteiger partial charge in [-0.15, -0.1) is 11.8 Å². The average Bonchev–Trinajstić information content (AvgIpc) is 2.18. The number of benzene rings is 1. The molecule has 78 valence electrons. The number of thioether (sulfide) groups is 1. The summed E-state index contributed by atoms with van der Waals surface area (Å²) in [5, 5.41) is 8.83. The zero-order valence-electron chi connectivity index (χ0n) is 8.03. The van der Waals surface area contributed by atoms with Crippen molar-refractivity contribution in [2.45, 2.75) is 17.4 Å². The quantitative estimate of drug-likeness (QED) is 0.831. The van der Waals surface area contributed by atoms with Gasteiger partial charge in [-0.2, -0.15) is 0 Å². The predicted molar refractivity (Wildman–Crippen MR) is 64.6 cm³/mol. The van der Waals surface area contributed by atoms with Crippen LogP contribution < -0.4 is 5.73 Å². The molecule has 0 bridgehead atoms. The number of aliphatic hydroxyl groups is 1. The van der Waals surface area contributed by atoms with E-state index in [-0.39, 0.29) is 12.6 Å². The molecule has 0 amide bonds. The molecule has 2 nitrogen and oxygen atoms in total. The summed E-state index contributed by atoms with van der Waals surface area (Å²) in [6.07, 6.45) is 2.63. The van der Waals surface area contributed by atoms with Crippen molar-refractivity contribution in [3.05, 3.63) is 28.2 Å². The predicted octanol–water partition coefficient (Wildman–Crippen LogP) is 2.55. The molecule has 0 heterocycles. The third-order valence-corrected chi connectivity index (χ3v) is 3.34. The van der Waals surface area contributed by atoms with Gasteiger partial charge in [0.1, 0.15) is 0 Å². The molecule has 0 aliphatic heterocycles. The second-order valence-electron chi connectivity index (χ2n) is 3.01. The molecule has 4 heteroatoms. The van der Waals surface area contributed by atoms with E-state index >= 15 is 0 Å². The van der Waals surface area contributed by atoms with Crippen LogP contribution in [0.3, 0.4) is 0 Å². The van der Waals surface area contributed by atoms with Gasteiger partial charge < -0.3 is 10.8 Å². The van der Waals surface area contributed by atoms with Gasteiger partial charge in [0, 0.05) is 22.0 Å². The van der Waals surface area contributed by atoms with Crippen LogP contribution in [0.15, 0.2) is 27.6 Å². The fraction of sp³-hybridized carbons (Fsp3) is 0.400. The Hall–Kier alpha value is -0.0300. The molecule has 1 atom stereocenters. The molecule has 0 aromatic heterocycles. The summed E-state index contributed by atoms with van der Waals surface area (Å²) in [5.41, 5.74) is 7.05. The van der Waals surface area contributed by atoms with Crippen molar-refractivity contribution in [2.75, 3.05) is 12.9 Å². The average molecular weight is 276 g/mol. The van der Waals surface area contributed by atoms with Gasteiger partial charge in [0.15, 0.2) is 0 Å². The third kappa shape index (κ3) is 2.98. The lowest BCUT2D eigenvalue weighted by Gasteiger charge is -2.14. The molecule has 3 N–H and O–H groups in total. The third-order valence-electron chi connectivity index (χ3n) is 2.03. The van der Waals surface area contributed by atoms with Crippen LogP contribution in [0.4, 0.5) is 0 Å². The van der Waals surface area contributed by atoms with E-state index in [0.717, 1.165) is 10.0 Å². The van der Waals surface area contributed by atoms with Crippen molar-refractivity contribution in [1.29, 1.82) is 0 Å². The zero-order valence-corrected chi connectivity index (χ0v) is 10.4. The first-order chi connectivity index (χ1) is 6.69. The Labute approximate surface area is 97.0 Å². The molecule has 0 spiro atoms. The molecular weight excluding hydrogens is 262 g/mol. The van der Waals surface area contributed by atoms with E-state index in [1.165, 1.54) is 4.90 Å². The zero-order chi connectivity index (χ0) is 10.6. The Balaban J connectivity index is 2.97. The summed E-state index contributed by atoms with van der Waals surface area (Å²) < 4.78 is 1.03. The van der Waals surface area contributed by atoms with Gasteiger partial charge in [-0.25, -0.2) is 0 Å². The Bertz CT molecular complexity index is 306. The molecule has 0 saturated heterocycles. The van der Waals surface area contributed by atoms with Crippen molar-refractivity contribution in [2.24, 2.45) is 5.73 Å². The minimum Gasteiger partial charge on any atom is -0.396 e. The summed E-state index contributed by atoms with van der Waals surface area (Å²) in [6, 6.07) is 5.98. The van der Waals surface area contributed by atoms with E-state index in [4.69, 9.17) is 10.8 Å². The highest BCUT2D eigenvalue weighted by atomic mass is 79.9. The molecule has 1 rings (SSSR count). The molecule has 1 unspecified atom stereocenters. The maximum absolute atomic E-state index is 8.83. The summed E-state index contributed by atoms with van der Waals surface area (Å²) in [7, 11) is 0. The highest BCUT2D eigenvalue weighted by Gasteiger charge is 2.10. The first kappa shape index (κ1) is 12.0. The van der Waals surface area contributed by atoms with Crippen molar-refractivity contribution in [3.8, 4) is 0 Å². The van der Waals surface area contributed by atoms with Crippen LogP contribution in [0, 0.1) is 0 Å². The number of hydrogen-bond acceptors (Lipinski definition) is 3. The summed E-state index contributed by atoms with van der Waals surface area (Å²) >= 11 is 5.09. The standard InChI is InChI=1S/C10H14BrNOS/c1-14-10-3-2-7(11)6-8(10)9(12)4-5-13/h2-3,6,9,13H,4-5,12H2,1H3. The molecular formula is C10H14BrNOS. The normalized spacial score (nSPS) is 12.9. The van der Waals surface area contributed by atoms with Crippen molar-refractivity contribution in [1.82, 2.24) is 0 Å². The molecule has 0 radical (unpaired) electrons. The van der Waals surface area contributed by atoms with Gasteiger partial charge in [-0.3, -0.25) is 0 Å². The smallest absolute Gasteiger partial charge is 0.0449 e. The lowest BCUT2D eigenvalue weighted by atomic mass is 10.1. The van der Waals surface area contributed by atoms with Gasteiger partial charge in [0.05, 0.1) is 0 Å². The fourth-order valence-electron chi connectivity index (χ4n) is 1.29. The van der Waals surface area contributed by atoms with Gasteiger partial charge in [0.2, 0.25) is 0 Å². The number of aliphatic hydroxyl groups excluding tert-OH is 1. The molecule has 0 fully saturated rings. The fourth-order valence-corrected chi connectivity index (χ4v) is 2.32. The number of nitrogens with two attached hydrogens (primary N) is 1. The van der Waals surface area contributed by atoms with Crippen LogP contribution in [0.5, 0.6) is 0 Å². The first-order valence-corrected chi connectivity index (χ1v) is 6.40. The molecule has 1 aromatic rings. The van der Waals surface area contributed by atoms with Gasteiger partial charge in [-0.05, 0) is 36.4 Å². The number of hydrogen-bond donors (Lipinski definition) is 2. The monoisotopic (exact) mass is 275 g/mol. The Morgan fingerprint density at radius 3 is 2.86 bits per heavy atom. The van der Waals surface area contributed by atoms with Crippen LogP contribution >= 0.6 is 27.7 Å². The first-order valence-electron chi connectivity index (χ1n) is 4.39. The van der Waals surface area contributed by atoms with Crippen LogP contribution in [-0.4, -0.2) is 18.0 Å². The highest BCUT2D eigenvalue weighted by molar-refractivity contribution is 9.10. The number of rotatable bonds is 4. The summed E-state index contributed by atoms with van der Waals surface area (Å²) in [4.78, 5) is 1.18. The minimum atomic E-state index is -0.0834. The van der Waals surface area contributed by atoms with Crippen molar-refractivity contribution in [3.63, 3.8) is 0 Å². The van der Waals surface area contributed by atoms with Gasteiger partial charge in [0.25, 0.3) is 0 Å². The largest absolute Gasteiger partial charge is 0.396 e. The van der Waals surface area contributed by atoms with Crippen molar-refractivity contribution >= 4 is 27.7 Å². The van der Waals surface area contributed by atoms with Crippen molar-refractivity contribution < 1.29 is 5.11 Å². The highest BCUT2D eigenvalue weighted by Crippen LogP contribution is 2.29. The molecule has 0 saturated carbocycles. The molecule has 14 heavy (non-hydrogen) atoms. The second kappa shape index (κ2) is 5.75. The Kier molecular flexibility index (Phi) is 4.95. The molecule has 0 aliphatic rings. The maximum atomic E-state index is 8.83. The molecule has 1 aromatic carbocycles. The van der Waals surface area contributed by atoms with E-state index in [2.05, 4.69) is 15.9 Å². The van der Waals surface area contributed by atoms with Crippen LogP contribution in [-0.2, 0) is 0 Å². The van der Waals surface area contributed by atoms with E-state index in [9.17, 15) is 0 Å². The topological polar surface area (TPSA) is 46.2 Å². The number of halogens is 1. The van der Waals surface area contributed by atoms with E-state index in [0.29, 0.717) is 6.42 Å². The summed E-state index contributed by atoms with van der Waals surface area (Å²) in [6.45, 7) is 0.126. The van der Waals surface area contributed by atoms with Crippen LogP contribution in [0.1, 0.15) is 18.0 Å². The van der Waals surface area contributed by atoms with E-state index in [1.807, 2.05) is 24.5 Å². The Morgan fingerprint density at radius 1 is 1.57 bits per heavy atom. The molecule has 0 aliphatic carbocycles. The Morgan fingerprint density at radius 2 is 2.29 bits per heavy atom. The minimum absolute atomic E-state index is 0.0834. The SMILES string of the molecule is CSc1ccc(Br)cc1C(N)CCO. The van der Waals surface area contributed by atoms with Crippen LogP contribution in [0.2, 0.25) is 0 Å². The second-order valence-corrected chi connectivity index (χ2v) is 4.77. The summed E-state index contributed by atoms with van der Waals surface area (Å²) in [5.74, 6) is 0. The van der Waals surface area contributed by atoms with E-state index < -0.39 is 0 Å². The maximum Gasteiger partial charge on any atom is 0.0449 e. The lowest BCUT2D eigenvalue weighted by Crippen LogP contribution is -2.12. The van der Waals surface area contributed by atoms with Crippen LogP contribution in [0.25, 0.3) is 0 Å². The van der Waals surface area contributed by atoms with Gasteiger partial charge >= 0.3 is 0 Å².